The van der Waals surface area contributed by atoms with E-state index in [9.17, 15) is 9.59 Å². The number of amides is 2. The summed E-state index contributed by atoms with van der Waals surface area (Å²) in [6.45, 7) is 2.18. The van der Waals surface area contributed by atoms with Gasteiger partial charge in [-0.1, -0.05) is 51.2 Å². The van der Waals surface area contributed by atoms with Crippen molar-refractivity contribution in [2.45, 2.75) is 64.7 Å². The first-order chi connectivity index (χ1) is 17.6. The lowest BCUT2D eigenvalue weighted by Gasteiger charge is -2.27. The van der Waals surface area contributed by atoms with Crippen LogP contribution in [-0.4, -0.2) is 21.8 Å². The fraction of sp³-hybridized carbons (Fsp3) is 0.433. The smallest absolute Gasteiger partial charge is 0.227 e. The Kier molecular flexibility index (Phi) is 7.49. The second kappa shape index (κ2) is 11.1. The van der Waals surface area contributed by atoms with Crippen molar-refractivity contribution in [2.24, 2.45) is 17.8 Å². The number of carbonyl (C=O) groups is 2. The van der Waals surface area contributed by atoms with Gasteiger partial charge in [0.25, 0.3) is 0 Å². The molecule has 188 valence electrons. The molecule has 3 N–H and O–H groups in total. The summed E-state index contributed by atoms with van der Waals surface area (Å²) >= 11 is 0. The lowest BCUT2D eigenvalue weighted by Crippen LogP contribution is -2.30. The summed E-state index contributed by atoms with van der Waals surface area (Å²) in [5.74, 6) is 1.75. The Morgan fingerprint density at radius 2 is 1.33 bits per heavy atom. The number of benzene rings is 2. The molecule has 0 bridgehead atoms. The molecule has 2 aromatic carbocycles. The highest BCUT2D eigenvalue weighted by molar-refractivity contribution is 5.93. The van der Waals surface area contributed by atoms with E-state index < -0.39 is 0 Å². The number of nitrogens with one attached hydrogen (secondary N) is 3. The second-order valence-corrected chi connectivity index (χ2v) is 10.5. The van der Waals surface area contributed by atoms with Crippen molar-refractivity contribution in [3.8, 4) is 22.6 Å². The minimum atomic E-state index is 0.112. The number of hydrogen-bond acceptors (Lipinski definition) is 3. The molecule has 2 amide bonds. The van der Waals surface area contributed by atoms with E-state index in [4.69, 9.17) is 0 Å². The average Bonchev–Trinajstić information content (AvgIpc) is 3.41. The monoisotopic (exact) mass is 484 g/mol. The predicted molar refractivity (Wildman–Crippen MR) is 144 cm³/mol. The molecular formula is C30H36N4O2. The van der Waals surface area contributed by atoms with Crippen LogP contribution in [0.4, 0.5) is 11.4 Å². The molecular weight excluding hydrogens is 448 g/mol. The maximum atomic E-state index is 12.7. The molecule has 3 aromatic rings. The summed E-state index contributed by atoms with van der Waals surface area (Å²) in [7, 11) is 0. The standard InChI is InChI=1S/C30H36N4O2/c1-20-7-5-6-10-26(20)30(36)33-25-15-11-21(12-16-25)27-19-31-28(34-27)22-13-17-24(18-14-22)32-29(35)23-8-3-2-4-9-23/h11-20,23,26H,2-10H2,1H3,(H,31,34)(H,32,35)(H,33,36). The Hall–Kier alpha value is -3.41. The third-order valence-corrected chi connectivity index (χ3v) is 7.89. The number of rotatable bonds is 6. The van der Waals surface area contributed by atoms with Gasteiger partial charge < -0.3 is 15.6 Å². The Bertz CT molecular complexity index is 1180. The first-order valence-corrected chi connectivity index (χ1v) is 13.4. The summed E-state index contributed by atoms with van der Waals surface area (Å²) in [5, 5.41) is 6.16. The molecule has 1 aromatic heterocycles. The molecule has 2 saturated carbocycles. The second-order valence-electron chi connectivity index (χ2n) is 10.5. The van der Waals surface area contributed by atoms with Crippen LogP contribution >= 0.6 is 0 Å². The van der Waals surface area contributed by atoms with Crippen molar-refractivity contribution in [2.75, 3.05) is 10.6 Å². The van der Waals surface area contributed by atoms with Gasteiger partial charge in [0, 0.05) is 28.8 Å². The molecule has 1 heterocycles. The largest absolute Gasteiger partial charge is 0.338 e. The van der Waals surface area contributed by atoms with Crippen LogP contribution in [-0.2, 0) is 9.59 Å². The summed E-state index contributed by atoms with van der Waals surface area (Å²) in [4.78, 5) is 33.2. The number of nitrogens with zero attached hydrogens (tertiary/aromatic N) is 1. The van der Waals surface area contributed by atoms with Crippen molar-refractivity contribution in [3.05, 3.63) is 54.7 Å². The zero-order valence-electron chi connectivity index (χ0n) is 21.1. The van der Waals surface area contributed by atoms with Crippen LogP contribution in [0.5, 0.6) is 0 Å². The summed E-state index contributed by atoms with van der Waals surface area (Å²) in [6, 6.07) is 15.7. The molecule has 36 heavy (non-hydrogen) atoms. The third-order valence-electron chi connectivity index (χ3n) is 7.89. The highest BCUT2D eigenvalue weighted by Crippen LogP contribution is 2.31. The maximum absolute atomic E-state index is 12.7. The molecule has 2 aliphatic rings. The molecule has 2 aliphatic carbocycles. The van der Waals surface area contributed by atoms with Crippen LogP contribution in [0.2, 0.25) is 0 Å². The van der Waals surface area contributed by atoms with Crippen molar-refractivity contribution < 1.29 is 9.59 Å². The van der Waals surface area contributed by atoms with Gasteiger partial charge >= 0.3 is 0 Å². The lowest BCUT2D eigenvalue weighted by atomic mass is 9.80. The van der Waals surface area contributed by atoms with Gasteiger partial charge in [-0.2, -0.15) is 0 Å². The van der Waals surface area contributed by atoms with Crippen molar-refractivity contribution in [1.29, 1.82) is 0 Å². The van der Waals surface area contributed by atoms with Gasteiger partial charge in [-0.05, 0) is 73.6 Å². The molecule has 5 rings (SSSR count). The molecule has 6 heteroatoms. The van der Waals surface area contributed by atoms with Crippen molar-refractivity contribution in [1.82, 2.24) is 9.97 Å². The summed E-state index contributed by atoms with van der Waals surface area (Å²) < 4.78 is 0. The average molecular weight is 485 g/mol. The van der Waals surface area contributed by atoms with Gasteiger partial charge in [0.05, 0.1) is 11.9 Å². The number of hydrogen-bond donors (Lipinski definition) is 3. The van der Waals surface area contributed by atoms with E-state index in [-0.39, 0.29) is 23.7 Å². The van der Waals surface area contributed by atoms with Crippen LogP contribution in [0.15, 0.2) is 54.7 Å². The highest BCUT2D eigenvalue weighted by Gasteiger charge is 2.27. The molecule has 2 unspecified atom stereocenters. The molecule has 0 aliphatic heterocycles. The van der Waals surface area contributed by atoms with E-state index >= 15 is 0 Å². The molecule has 6 nitrogen and oxygen atoms in total. The van der Waals surface area contributed by atoms with Crippen LogP contribution in [0.25, 0.3) is 22.6 Å². The minimum absolute atomic E-state index is 0.112. The highest BCUT2D eigenvalue weighted by atomic mass is 16.2. The Morgan fingerprint density at radius 1 is 0.750 bits per heavy atom. The predicted octanol–water partition coefficient (Wildman–Crippen LogP) is 7.03. The number of imidazole rings is 1. The van der Waals surface area contributed by atoms with Gasteiger partial charge in [0.2, 0.25) is 11.8 Å². The Labute approximate surface area is 213 Å². The Balaban J connectivity index is 1.19. The molecule has 0 saturated heterocycles. The molecule has 0 radical (unpaired) electrons. The van der Waals surface area contributed by atoms with Crippen LogP contribution in [0, 0.1) is 17.8 Å². The quantitative estimate of drug-likeness (QED) is 0.351. The van der Waals surface area contributed by atoms with Crippen LogP contribution in [0.1, 0.15) is 64.7 Å². The number of anilines is 2. The topological polar surface area (TPSA) is 86.9 Å². The van der Waals surface area contributed by atoms with Crippen molar-refractivity contribution >= 4 is 23.2 Å². The van der Waals surface area contributed by atoms with Gasteiger partial charge in [0.15, 0.2) is 0 Å². The van der Waals surface area contributed by atoms with Gasteiger partial charge in [-0.15, -0.1) is 0 Å². The minimum Gasteiger partial charge on any atom is -0.338 e. The number of aromatic amines is 1. The van der Waals surface area contributed by atoms with E-state index in [1.54, 1.807) is 0 Å². The maximum Gasteiger partial charge on any atom is 0.227 e. The fourth-order valence-electron chi connectivity index (χ4n) is 5.61. The zero-order chi connectivity index (χ0) is 24.9. The number of carbonyl (C=O) groups excluding carboxylic acids is 2. The van der Waals surface area contributed by atoms with Gasteiger partial charge in [0.1, 0.15) is 5.82 Å². The van der Waals surface area contributed by atoms with E-state index in [2.05, 4.69) is 27.5 Å². The third kappa shape index (κ3) is 5.69. The normalized spacial score (nSPS) is 20.6. The first-order valence-electron chi connectivity index (χ1n) is 13.4. The number of H-pyrrole nitrogens is 1. The van der Waals surface area contributed by atoms with Gasteiger partial charge in [-0.3, -0.25) is 9.59 Å². The molecule has 0 spiro atoms. The fourth-order valence-corrected chi connectivity index (χ4v) is 5.61. The Morgan fingerprint density at radius 3 is 2.00 bits per heavy atom. The van der Waals surface area contributed by atoms with E-state index in [0.717, 1.165) is 79.0 Å². The first kappa shape index (κ1) is 24.3. The van der Waals surface area contributed by atoms with Crippen molar-refractivity contribution in [3.63, 3.8) is 0 Å². The van der Waals surface area contributed by atoms with Gasteiger partial charge in [-0.25, -0.2) is 4.98 Å². The van der Waals surface area contributed by atoms with Crippen LogP contribution in [0.3, 0.4) is 0 Å². The molecule has 2 atom stereocenters. The van der Waals surface area contributed by atoms with E-state index in [1.807, 2.05) is 54.7 Å². The number of aromatic nitrogens is 2. The van der Waals surface area contributed by atoms with E-state index in [1.165, 1.54) is 12.8 Å². The van der Waals surface area contributed by atoms with Crippen LogP contribution < -0.4 is 10.6 Å². The SMILES string of the molecule is CC1CCCCC1C(=O)Nc1ccc(-c2cnc(-c3ccc(NC(=O)C4CCCCC4)cc3)[nH]2)cc1. The summed E-state index contributed by atoms with van der Waals surface area (Å²) in [6.07, 6.45) is 11.8. The lowest BCUT2D eigenvalue weighted by molar-refractivity contribution is -0.122. The summed E-state index contributed by atoms with van der Waals surface area (Å²) in [5.41, 5.74) is 4.53. The molecule has 2 fully saturated rings. The zero-order valence-corrected chi connectivity index (χ0v) is 21.1. The van der Waals surface area contributed by atoms with E-state index in [0.29, 0.717) is 5.92 Å².